The van der Waals surface area contributed by atoms with Crippen LogP contribution in [0.5, 0.6) is 0 Å². The van der Waals surface area contributed by atoms with Crippen molar-refractivity contribution in [1.82, 2.24) is 9.23 Å². The van der Waals surface area contributed by atoms with Crippen molar-refractivity contribution in [3.63, 3.8) is 0 Å². The van der Waals surface area contributed by atoms with Gasteiger partial charge in [-0.25, -0.2) is 0 Å². The molecule has 2 fully saturated rings. The number of carbonyl (C=O) groups excluding carboxylic acids is 1. The maximum absolute atomic E-state index is 11.9. The van der Waals surface area contributed by atoms with Crippen LogP contribution < -0.4 is 5.32 Å². The number of hydrogen-bond donors (Lipinski definition) is 2. The molecule has 5 nitrogen and oxygen atoms in total. The molecule has 6 heteroatoms. The predicted molar refractivity (Wildman–Crippen MR) is 59.1 cm³/mol. The summed E-state index contributed by atoms with van der Waals surface area (Å²) >= 11 is -0.318. The van der Waals surface area contributed by atoms with E-state index < -0.39 is 12.0 Å². The first kappa shape index (κ1) is 12.0. The molecule has 0 radical (unpaired) electrons. The number of nitrogens with one attached hydrogen (secondary N) is 1. The fourth-order valence-corrected chi connectivity index (χ4v) is 4.47. The Bertz CT molecular complexity index is 292. The van der Waals surface area contributed by atoms with E-state index in [1.807, 2.05) is 3.92 Å². The number of nitrogens with zero attached hydrogens (tertiary/aromatic N) is 1. The molecule has 0 aromatic heterocycles. The van der Waals surface area contributed by atoms with Crippen LogP contribution in [0, 0.1) is 0 Å². The minimum atomic E-state index is -0.786. The second-order valence-corrected chi connectivity index (χ2v) is 6.41. The molecule has 16 heavy (non-hydrogen) atoms. The normalized spacial score (nSPS) is 30.8. The van der Waals surface area contributed by atoms with Gasteiger partial charge in [0, 0.05) is 0 Å². The molecule has 2 aliphatic rings. The Morgan fingerprint density at radius 3 is 2.75 bits per heavy atom. The zero-order valence-corrected chi connectivity index (χ0v) is 10.7. The van der Waals surface area contributed by atoms with E-state index in [0.29, 0.717) is 6.42 Å². The van der Waals surface area contributed by atoms with Gasteiger partial charge in [-0.15, -0.1) is 0 Å². The number of carboxylic acids is 1. The summed E-state index contributed by atoms with van der Waals surface area (Å²) in [5.74, 6) is -0.786. The molecule has 2 atom stereocenters. The van der Waals surface area contributed by atoms with E-state index in [1.165, 1.54) is 0 Å². The summed E-state index contributed by atoms with van der Waals surface area (Å²) in [5.41, 5.74) is 0. The van der Waals surface area contributed by atoms with Gasteiger partial charge in [0.2, 0.25) is 0 Å². The average Bonchev–Trinajstić information content (AvgIpc) is 2.86. The van der Waals surface area contributed by atoms with Gasteiger partial charge in [0.05, 0.1) is 0 Å². The Balaban J connectivity index is 1.88. The second-order valence-electron chi connectivity index (χ2n) is 4.20. The van der Waals surface area contributed by atoms with Crippen LogP contribution in [0.25, 0.3) is 0 Å². The third-order valence-electron chi connectivity index (χ3n) is 3.04. The third-order valence-corrected chi connectivity index (χ3v) is 5.42. The molecule has 2 rings (SSSR count). The fraction of sp³-hybridized carbons (Fsp3) is 0.800. The maximum atomic E-state index is 11.9. The number of carbonyl (C=O) groups is 2. The molecule has 0 spiro atoms. The number of carboxylic acid groups (broad SMARTS) is 1. The molecule has 0 bridgehead atoms. The van der Waals surface area contributed by atoms with Crippen LogP contribution in [0.1, 0.15) is 25.7 Å². The summed E-state index contributed by atoms with van der Waals surface area (Å²) in [4.78, 5) is 22.9. The quantitative estimate of drug-likeness (QED) is 0.679. The second kappa shape index (κ2) is 5.27. The zero-order valence-electron chi connectivity index (χ0n) is 9.02. The molecule has 2 saturated heterocycles. The van der Waals surface area contributed by atoms with Crippen molar-refractivity contribution in [2.24, 2.45) is 0 Å². The first-order chi connectivity index (χ1) is 7.68. The van der Waals surface area contributed by atoms with E-state index in [2.05, 4.69) is 5.32 Å². The molecule has 0 amide bonds. The molecule has 0 unspecified atom stereocenters. The molecule has 0 aromatic rings. The average molecular weight is 291 g/mol. The van der Waals surface area contributed by atoms with Crippen molar-refractivity contribution < 1.29 is 14.7 Å². The van der Waals surface area contributed by atoms with Crippen LogP contribution in [-0.4, -0.2) is 60.0 Å². The third kappa shape index (κ3) is 2.63. The van der Waals surface area contributed by atoms with Crippen molar-refractivity contribution in [3.05, 3.63) is 0 Å². The molecule has 90 valence electrons. The summed E-state index contributed by atoms with van der Waals surface area (Å²) < 4.78 is 2.07. The number of aliphatic carboxylic acids is 1. The van der Waals surface area contributed by atoms with Crippen molar-refractivity contribution in [2.75, 3.05) is 13.1 Å². The van der Waals surface area contributed by atoms with Crippen LogP contribution in [-0.2, 0) is 9.59 Å². The topological polar surface area (TPSA) is 69.6 Å². The van der Waals surface area contributed by atoms with E-state index >= 15 is 0 Å². The first-order valence-corrected chi connectivity index (χ1v) is 7.25. The van der Waals surface area contributed by atoms with Crippen molar-refractivity contribution in [1.29, 1.82) is 0 Å². The summed E-state index contributed by atoms with van der Waals surface area (Å²) in [5, 5.41) is 12.2. The van der Waals surface area contributed by atoms with Crippen LogP contribution in [0.2, 0.25) is 0 Å². The van der Waals surface area contributed by atoms with E-state index in [1.54, 1.807) is 0 Å². The molecular weight excluding hydrogens is 275 g/mol. The SMILES string of the molecule is O=C([Se]N1CCC[C@H]1C(=O)O)[C@@H]1CCCN1. The summed E-state index contributed by atoms with van der Waals surface area (Å²) in [7, 11) is 0. The van der Waals surface area contributed by atoms with Gasteiger partial charge in [0.15, 0.2) is 0 Å². The standard InChI is InChI=1S/C10H16N2O3Se/c13-9(14)8-4-2-6-12(8)16-10(15)7-3-1-5-11-7/h7-8,11H,1-6H2,(H,13,14)/t7-,8-/m0/s1. The Hall–Kier alpha value is -0.421. The van der Waals surface area contributed by atoms with Gasteiger partial charge in [0.25, 0.3) is 0 Å². The number of hydrogen-bond acceptors (Lipinski definition) is 4. The van der Waals surface area contributed by atoms with Gasteiger partial charge in [-0.05, 0) is 0 Å². The van der Waals surface area contributed by atoms with Crippen LogP contribution >= 0.6 is 0 Å². The zero-order chi connectivity index (χ0) is 11.5. The monoisotopic (exact) mass is 292 g/mol. The molecule has 0 aliphatic carbocycles. The van der Waals surface area contributed by atoms with E-state index in [4.69, 9.17) is 5.11 Å². The summed E-state index contributed by atoms with van der Waals surface area (Å²) in [6, 6.07) is -0.444. The van der Waals surface area contributed by atoms with Gasteiger partial charge in [0.1, 0.15) is 0 Å². The van der Waals surface area contributed by atoms with Crippen LogP contribution in [0.3, 0.4) is 0 Å². The van der Waals surface area contributed by atoms with E-state index in [9.17, 15) is 9.59 Å². The molecule has 2 heterocycles. The van der Waals surface area contributed by atoms with Gasteiger partial charge < -0.3 is 0 Å². The van der Waals surface area contributed by atoms with Crippen molar-refractivity contribution in [3.8, 4) is 0 Å². The molecule has 0 aromatic carbocycles. The molecule has 2 N–H and O–H groups in total. The predicted octanol–water partition coefficient (Wildman–Crippen LogP) is -0.567. The Labute approximate surface area is 101 Å². The Morgan fingerprint density at radius 2 is 2.12 bits per heavy atom. The van der Waals surface area contributed by atoms with Gasteiger partial charge in [-0.2, -0.15) is 0 Å². The van der Waals surface area contributed by atoms with Crippen LogP contribution in [0.4, 0.5) is 0 Å². The summed E-state index contributed by atoms with van der Waals surface area (Å²) in [6.45, 7) is 1.67. The fourth-order valence-electron chi connectivity index (χ4n) is 2.16. The Morgan fingerprint density at radius 1 is 1.31 bits per heavy atom. The van der Waals surface area contributed by atoms with Gasteiger partial charge >= 0.3 is 101 Å². The summed E-state index contributed by atoms with van der Waals surface area (Å²) in [6.07, 6.45) is 3.54. The Kier molecular flexibility index (Phi) is 3.97. The van der Waals surface area contributed by atoms with E-state index in [-0.39, 0.29) is 25.9 Å². The molecule has 2 aliphatic heterocycles. The molecule has 0 saturated carbocycles. The number of rotatable bonds is 4. The van der Waals surface area contributed by atoms with Gasteiger partial charge in [-0.1, -0.05) is 0 Å². The van der Waals surface area contributed by atoms with Crippen molar-refractivity contribution in [2.45, 2.75) is 37.8 Å². The first-order valence-electron chi connectivity index (χ1n) is 5.63. The van der Waals surface area contributed by atoms with E-state index in [0.717, 1.165) is 32.4 Å². The van der Waals surface area contributed by atoms with Crippen molar-refractivity contribution >= 4 is 25.8 Å². The van der Waals surface area contributed by atoms with Crippen LogP contribution in [0.15, 0.2) is 0 Å². The van der Waals surface area contributed by atoms with Gasteiger partial charge in [-0.3, -0.25) is 0 Å². The molecular formula is C10H16N2O3Se. The minimum absolute atomic E-state index is 0.0185.